The number of anilines is 6. The van der Waals surface area contributed by atoms with Crippen molar-refractivity contribution in [2.24, 2.45) is 0 Å². The molecule has 0 aliphatic carbocycles. The van der Waals surface area contributed by atoms with Crippen molar-refractivity contribution in [3.63, 3.8) is 0 Å². The van der Waals surface area contributed by atoms with E-state index in [0.29, 0.717) is 94.3 Å². The van der Waals surface area contributed by atoms with Gasteiger partial charge >= 0.3 is 373 Å². The van der Waals surface area contributed by atoms with Crippen LogP contribution >= 0.6 is 0 Å². The maximum absolute atomic E-state index is 12.8. The molecule has 62 heavy (non-hydrogen) atoms. The Hall–Kier alpha value is -5.30. The first-order chi connectivity index (χ1) is 29.9. The summed E-state index contributed by atoms with van der Waals surface area (Å²) in [6.45, 7) is 4.46. The van der Waals surface area contributed by atoms with Crippen LogP contribution in [0.1, 0.15) is 11.1 Å². The summed E-state index contributed by atoms with van der Waals surface area (Å²) in [6, 6.07) is 28.1. The molecule has 18 nitrogen and oxygen atoms in total. The number of nitrogens with one attached hydrogen (secondary N) is 2. The van der Waals surface area contributed by atoms with E-state index in [1.165, 1.54) is 36.4 Å². The average Bonchev–Trinajstić information content (AvgIpc) is 3.27. The van der Waals surface area contributed by atoms with Gasteiger partial charge in [0, 0.05) is 0 Å². The molecule has 2 aromatic heterocycles. The number of morpholine rings is 2. The summed E-state index contributed by atoms with van der Waals surface area (Å²) in [5.41, 5.74) is 1.75. The van der Waals surface area contributed by atoms with Crippen LogP contribution in [0, 0.1) is 0 Å². The average molecular weight is 1000 g/mol. The molecule has 0 radical (unpaired) electrons. The molecular formula is C40H40As2N10O8S2. The fourth-order valence-corrected chi connectivity index (χ4v) is 12.3. The Morgan fingerprint density at radius 3 is 1.29 bits per heavy atom. The van der Waals surface area contributed by atoms with Gasteiger partial charge < -0.3 is 0 Å². The second-order valence-corrected chi connectivity index (χ2v) is 21.9. The fraction of sp³-hybridized carbons (Fsp3) is 0.200. The van der Waals surface area contributed by atoms with Gasteiger partial charge in [-0.3, -0.25) is 0 Å². The van der Waals surface area contributed by atoms with Gasteiger partial charge in [-0.15, -0.1) is 0 Å². The summed E-state index contributed by atoms with van der Waals surface area (Å²) in [4.78, 5) is 31.3. The molecule has 4 N–H and O–H groups in total. The Labute approximate surface area is 371 Å². The van der Waals surface area contributed by atoms with Crippen molar-refractivity contribution in [3.05, 3.63) is 108 Å². The molecule has 0 amide bonds. The molecule has 0 spiro atoms. The van der Waals surface area contributed by atoms with Gasteiger partial charge in [0.1, 0.15) is 0 Å². The monoisotopic (exact) mass is 1000 g/mol. The molecule has 2 fully saturated rings. The molecule has 2 aliphatic heterocycles. The van der Waals surface area contributed by atoms with Crippen molar-refractivity contribution in [2.75, 3.05) is 73.0 Å². The van der Waals surface area contributed by atoms with E-state index in [2.05, 4.69) is 30.6 Å². The molecule has 6 aromatic rings. The van der Waals surface area contributed by atoms with Gasteiger partial charge in [-0.1, -0.05) is 0 Å². The number of nitrogens with zero attached hydrogens (tertiary/aromatic N) is 8. The van der Waals surface area contributed by atoms with Crippen LogP contribution in [0.3, 0.4) is 0 Å². The standard InChI is InChI=1S/C40H40As2N10O8S2/c53-61(54,55)33-25-29(41-35-45-37(43-31-7-3-1-4-8-31)49-39(47-35)51-17-21-59-22-18-51)15-13-27(33)11-12-28-14-16-30(26-34(28)62(56,57)58)42-36-46-38(44-32-9-5-2-6-10-32)50-40(48-36)52-19-23-60-24-20-52/h1-16,25-26,41-42H,17-24H2,(H,53,54,55)(H,56,57,58)(H,43,45,47,49)(H,44,46,48,50). The third-order valence-corrected chi connectivity index (χ3v) is 15.6. The van der Waals surface area contributed by atoms with Gasteiger partial charge in [-0.05, 0) is 0 Å². The summed E-state index contributed by atoms with van der Waals surface area (Å²) in [7, 11) is -9.52. The predicted molar refractivity (Wildman–Crippen MR) is 239 cm³/mol. The van der Waals surface area contributed by atoms with Crippen LogP contribution in [0.2, 0.25) is 0 Å². The van der Waals surface area contributed by atoms with E-state index in [4.69, 9.17) is 19.4 Å². The predicted octanol–water partition coefficient (Wildman–Crippen LogP) is 0.655. The van der Waals surface area contributed by atoms with Crippen LogP contribution in [0.15, 0.2) is 107 Å². The van der Waals surface area contributed by atoms with Gasteiger partial charge in [-0.25, -0.2) is 0 Å². The number of aromatic nitrogens is 6. The third-order valence-electron chi connectivity index (χ3n) is 9.43. The quantitative estimate of drug-likeness (QED) is 0.0667. The van der Waals surface area contributed by atoms with E-state index >= 15 is 0 Å². The Kier molecular flexibility index (Phi) is 13.6. The van der Waals surface area contributed by atoms with Gasteiger partial charge in [0.05, 0.1) is 0 Å². The van der Waals surface area contributed by atoms with E-state index in [1.54, 1.807) is 12.1 Å². The van der Waals surface area contributed by atoms with Gasteiger partial charge in [0.25, 0.3) is 0 Å². The molecule has 2 unspecified atom stereocenters. The van der Waals surface area contributed by atoms with Crippen molar-refractivity contribution in [3.8, 4) is 0 Å². The van der Waals surface area contributed by atoms with Crippen LogP contribution in [0.4, 0.5) is 35.2 Å². The van der Waals surface area contributed by atoms with Crippen LogP contribution in [0.5, 0.6) is 0 Å². The maximum atomic E-state index is 12.8. The number of ether oxygens (including phenoxy) is 2. The number of hydrogen-bond donors (Lipinski definition) is 4. The first-order valence-electron chi connectivity index (χ1n) is 19.2. The third kappa shape index (κ3) is 11.4. The van der Waals surface area contributed by atoms with Gasteiger partial charge in [-0.2, -0.15) is 0 Å². The SMILES string of the molecule is O=S(=O)(O)c1cc([AsH]c2nc(Nc3ccccc3)nc(N3CCOCC3)n2)ccc1C=Cc1ccc([AsH]c2nc(Nc3ccccc3)nc(N3CCOCC3)n2)cc1S(=O)(=O)O. The van der Waals surface area contributed by atoms with Crippen molar-refractivity contribution < 1.29 is 35.4 Å². The van der Waals surface area contributed by atoms with E-state index in [9.17, 15) is 25.9 Å². The molecule has 320 valence electrons. The summed E-state index contributed by atoms with van der Waals surface area (Å²) < 4.78 is 85.1. The Morgan fingerprint density at radius 1 is 0.532 bits per heavy atom. The topological polar surface area (TPSA) is 235 Å². The van der Waals surface area contributed by atoms with Gasteiger partial charge in [0.2, 0.25) is 0 Å². The number of hydrogen-bond acceptors (Lipinski definition) is 16. The zero-order valence-electron chi connectivity index (χ0n) is 32.8. The van der Waals surface area contributed by atoms with Crippen LogP contribution < -0.4 is 38.4 Å². The van der Waals surface area contributed by atoms with Crippen molar-refractivity contribution in [1.29, 1.82) is 0 Å². The molecule has 4 aromatic carbocycles. The van der Waals surface area contributed by atoms with Crippen molar-refractivity contribution >= 4 is 117 Å². The van der Waals surface area contributed by atoms with E-state index in [1.807, 2.05) is 70.5 Å². The zero-order chi connectivity index (χ0) is 43.1. The fourth-order valence-electron chi connectivity index (χ4n) is 6.45. The van der Waals surface area contributed by atoms with E-state index in [0.717, 1.165) is 11.4 Å². The molecule has 2 saturated heterocycles. The molecule has 2 atom stereocenters. The normalized spacial score (nSPS) is 15.3. The van der Waals surface area contributed by atoms with Crippen molar-refractivity contribution in [1.82, 2.24) is 29.9 Å². The van der Waals surface area contributed by atoms with Crippen LogP contribution in [0.25, 0.3) is 12.2 Å². The number of benzene rings is 4. The van der Waals surface area contributed by atoms with E-state index < -0.39 is 51.7 Å². The summed E-state index contributed by atoms with van der Waals surface area (Å²) in [5, 5.41) is 6.44. The molecule has 0 saturated carbocycles. The van der Waals surface area contributed by atoms with E-state index in [-0.39, 0.29) is 20.9 Å². The summed E-state index contributed by atoms with van der Waals surface area (Å²) >= 11 is -2.75. The zero-order valence-corrected chi connectivity index (χ0v) is 38.6. The minimum atomic E-state index is -4.76. The Bertz CT molecular complexity index is 2610. The molecule has 0 bridgehead atoms. The molecule has 4 heterocycles. The first-order valence-corrected chi connectivity index (χ1v) is 26.3. The Balaban J connectivity index is 1.06. The second kappa shape index (κ2) is 19.4. The summed E-state index contributed by atoms with van der Waals surface area (Å²) in [6.07, 6.45) is 2.74. The van der Waals surface area contributed by atoms with Crippen LogP contribution in [-0.2, 0) is 29.7 Å². The summed E-state index contributed by atoms with van der Waals surface area (Å²) in [5.74, 6) is 1.60. The van der Waals surface area contributed by atoms with Crippen LogP contribution in [-0.4, -0.2) is 140 Å². The molecular weight excluding hydrogens is 962 g/mol. The second-order valence-electron chi connectivity index (χ2n) is 13.8. The molecule has 8 rings (SSSR count). The number of rotatable bonds is 14. The minimum absolute atomic E-state index is 0.0945. The number of para-hydroxylation sites is 2. The molecule has 2 aliphatic rings. The van der Waals surface area contributed by atoms with Crippen molar-refractivity contribution in [2.45, 2.75) is 9.79 Å². The first kappa shape index (κ1) is 43.3. The Morgan fingerprint density at radius 2 is 0.919 bits per heavy atom. The van der Waals surface area contributed by atoms with Gasteiger partial charge in [0.15, 0.2) is 0 Å². The molecule has 22 heteroatoms.